The molecule has 1 aromatic rings. The molecule has 1 heterocycles. The van der Waals surface area contributed by atoms with Gasteiger partial charge in [0, 0.05) is 19.7 Å². The first kappa shape index (κ1) is 14.1. The summed E-state index contributed by atoms with van der Waals surface area (Å²) in [4.78, 5) is 24.6. The normalized spacial score (nSPS) is 15.7. The lowest BCUT2D eigenvalue weighted by molar-refractivity contribution is -0.141. The van der Waals surface area contributed by atoms with Crippen LogP contribution in [0.1, 0.15) is 35.1 Å². The molecular formula is C16H18N2O2. The first-order valence-electron chi connectivity index (χ1n) is 6.47. The molecular weight excluding hydrogens is 252 g/mol. The number of nitrogens with zero attached hydrogens (tertiary/aromatic N) is 2. The van der Waals surface area contributed by atoms with E-state index in [1.807, 2.05) is 26.0 Å². The Morgan fingerprint density at radius 3 is 1.85 bits per heavy atom. The number of hydrogen-bond acceptors (Lipinski definition) is 2. The standard InChI is InChI=1S/C16H18N2O2/c1-6-7-12-8-10(2)13(11(3)9-12)14-15(19)17(4)18(5)16(14)20/h8-9,14H,1-5H3. The van der Waals surface area contributed by atoms with Crippen LogP contribution < -0.4 is 0 Å². The Morgan fingerprint density at radius 2 is 1.45 bits per heavy atom. The van der Waals surface area contributed by atoms with Gasteiger partial charge < -0.3 is 0 Å². The van der Waals surface area contributed by atoms with Gasteiger partial charge in [0.25, 0.3) is 11.8 Å². The van der Waals surface area contributed by atoms with Crippen LogP contribution in [0.4, 0.5) is 0 Å². The van der Waals surface area contributed by atoms with Crippen molar-refractivity contribution in [1.82, 2.24) is 10.0 Å². The third kappa shape index (κ3) is 2.05. The lowest BCUT2D eigenvalue weighted by Crippen LogP contribution is -2.33. The summed E-state index contributed by atoms with van der Waals surface area (Å²) in [6.07, 6.45) is 0. The molecule has 0 N–H and O–H groups in total. The van der Waals surface area contributed by atoms with Crippen LogP contribution in [0.5, 0.6) is 0 Å². The molecule has 1 saturated heterocycles. The second-order valence-corrected chi connectivity index (χ2v) is 5.06. The van der Waals surface area contributed by atoms with E-state index in [1.165, 1.54) is 10.0 Å². The minimum atomic E-state index is -0.728. The molecule has 0 spiro atoms. The van der Waals surface area contributed by atoms with Crippen LogP contribution in [-0.4, -0.2) is 35.9 Å². The highest BCUT2D eigenvalue weighted by Gasteiger charge is 2.43. The first-order chi connectivity index (χ1) is 9.38. The van der Waals surface area contributed by atoms with Gasteiger partial charge in [-0.25, -0.2) is 0 Å². The maximum absolute atomic E-state index is 12.3. The smallest absolute Gasteiger partial charge is 0.258 e. The Hall–Kier alpha value is -2.28. The molecule has 0 atom stereocenters. The average Bonchev–Trinajstić information content (AvgIpc) is 2.56. The van der Waals surface area contributed by atoms with Gasteiger partial charge in [-0.05, 0) is 49.6 Å². The Bertz CT molecular complexity index is 609. The molecule has 1 fully saturated rings. The van der Waals surface area contributed by atoms with E-state index in [0.29, 0.717) is 0 Å². The topological polar surface area (TPSA) is 40.6 Å². The largest absolute Gasteiger partial charge is 0.272 e. The van der Waals surface area contributed by atoms with Gasteiger partial charge in [0.15, 0.2) is 0 Å². The summed E-state index contributed by atoms with van der Waals surface area (Å²) in [7, 11) is 3.23. The Balaban J connectivity index is 2.56. The highest BCUT2D eigenvalue weighted by molar-refractivity contribution is 6.10. The number of amides is 2. The highest BCUT2D eigenvalue weighted by Crippen LogP contribution is 2.32. The number of rotatable bonds is 1. The monoisotopic (exact) mass is 270 g/mol. The highest BCUT2D eigenvalue weighted by atomic mass is 16.2. The Morgan fingerprint density at radius 1 is 1.00 bits per heavy atom. The first-order valence-corrected chi connectivity index (χ1v) is 6.47. The number of likely N-dealkylation sites (N-methyl/N-ethyl adjacent to an activating group) is 2. The molecule has 0 aromatic heterocycles. The van der Waals surface area contributed by atoms with Crippen molar-refractivity contribution >= 4 is 11.8 Å². The molecule has 4 heteroatoms. The number of benzene rings is 1. The molecule has 0 aliphatic carbocycles. The van der Waals surface area contributed by atoms with E-state index in [-0.39, 0.29) is 11.8 Å². The maximum Gasteiger partial charge on any atom is 0.258 e. The van der Waals surface area contributed by atoms with E-state index in [0.717, 1.165) is 22.3 Å². The van der Waals surface area contributed by atoms with Crippen molar-refractivity contribution in [3.8, 4) is 11.8 Å². The van der Waals surface area contributed by atoms with Gasteiger partial charge in [-0.3, -0.25) is 19.6 Å². The van der Waals surface area contributed by atoms with Crippen LogP contribution in [0.2, 0.25) is 0 Å². The van der Waals surface area contributed by atoms with Gasteiger partial charge in [-0.15, -0.1) is 5.92 Å². The van der Waals surface area contributed by atoms with Gasteiger partial charge in [0.2, 0.25) is 0 Å². The second-order valence-electron chi connectivity index (χ2n) is 5.06. The van der Waals surface area contributed by atoms with Crippen molar-refractivity contribution in [3.05, 3.63) is 34.4 Å². The molecule has 2 rings (SSSR count). The minimum absolute atomic E-state index is 0.182. The fourth-order valence-electron chi connectivity index (χ4n) is 2.67. The Kier molecular flexibility index (Phi) is 3.54. The molecule has 0 unspecified atom stereocenters. The van der Waals surface area contributed by atoms with E-state index < -0.39 is 5.92 Å². The fourth-order valence-corrected chi connectivity index (χ4v) is 2.67. The van der Waals surface area contributed by atoms with Crippen molar-refractivity contribution in [3.63, 3.8) is 0 Å². The van der Waals surface area contributed by atoms with Crippen LogP contribution in [0, 0.1) is 25.7 Å². The summed E-state index contributed by atoms with van der Waals surface area (Å²) in [5.41, 5.74) is 3.57. The van der Waals surface area contributed by atoms with Crippen LogP contribution in [-0.2, 0) is 9.59 Å². The van der Waals surface area contributed by atoms with Gasteiger partial charge >= 0.3 is 0 Å². The lowest BCUT2D eigenvalue weighted by Gasteiger charge is -2.17. The summed E-state index contributed by atoms with van der Waals surface area (Å²) in [5.74, 6) is 4.77. The quantitative estimate of drug-likeness (QED) is 0.574. The van der Waals surface area contributed by atoms with Crippen LogP contribution >= 0.6 is 0 Å². The summed E-state index contributed by atoms with van der Waals surface area (Å²) in [6, 6.07) is 3.86. The number of aryl methyl sites for hydroxylation is 2. The number of carbonyl (C=O) groups excluding carboxylic acids is 2. The predicted octanol–water partition coefficient (Wildman–Crippen LogP) is 1.60. The Labute approximate surface area is 119 Å². The molecule has 0 bridgehead atoms. The molecule has 1 aliphatic rings. The zero-order valence-corrected chi connectivity index (χ0v) is 12.4. The third-order valence-electron chi connectivity index (χ3n) is 3.73. The summed E-state index contributed by atoms with van der Waals surface area (Å²) >= 11 is 0. The third-order valence-corrected chi connectivity index (χ3v) is 3.73. The van der Waals surface area contributed by atoms with Gasteiger partial charge in [0.05, 0.1) is 0 Å². The van der Waals surface area contributed by atoms with Crippen molar-refractivity contribution in [2.24, 2.45) is 0 Å². The van der Waals surface area contributed by atoms with Gasteiger partial charge in [-0.1, -0.05) is 5.92 Å². The van der Waals surface area contributed by atoms with Gasteiger partial charge in [-0.2, -0.15) is 0 Å². The lowest BCUT2D eigenvalue weighted by atomic mass is 9.88. The molecule has 0 radical (unpaired) electrons. The molecule has 2 amide bonds. The molecule has 20 heavy (non-hydrogen) atoms. The van der Waals surface area contributed by atoms with E-state index in [1.54, 1.807) is 21.0 Å². The van der Waals surface area contributed by atoms with E-state index >= 15 is 0 Å². The summed E-state index contributed by atoms with van der Waals surface area (Å²) in [6.45, 7) is 5.62. The SMILES string of the molecule is CC#Cc1cc(C)c(C2C(=O)N(C)N(C)C2=O)c(C)c1. The van der Waals surface area contributed by atoms with Crippen molar-refractivity contribution in [2.75, 3.05) is 14.1 Å². The average molecular weight is 270 g/mol. The molecule has 4 nitrogen and oxygen atoms in total. The van der Waals surface area contributed by atoms with Crippen molar-refractivity contribution in [1.29, 1.82) is 0 Å². The van der Waals surface area contributed by atoms with Crippen LogP contribution in [0.3, 0.4) is 0 Å². The van der Waals surface area contributed by atoms with Crippen LogP contribution in [0.15, 0.2) is 12.1 Å². The zero-order chi connectivity index (χ0) is 15.0. The number of carbonyl (C=O) groups is 2. The number of hydrogen-bond donors (Lipinski definition) is 0. The molecule has 1 aliphatic heterocycles. The summed E-state index contributed by atoms with van der Waals surface area (Å²) < 4.78 is 0. The van der Waals surface area contributed by atoms with E-state index in [9.17, 15) is 9.59 Å². The predicted molar refractivity (Wildman–Crippen MR) is 76.7 cm³/mol. The van der Waals surface area contributed by atoms with Gasteiger partial charge in [0.1, 0.15) is 5.92 Å². The van der Waals surface area contributed by atoms with E-state index in [2.05, 4.69) is 11.8 Å². The fraction of sp³-hybridized carbons (Fsp3) is 0.375. The number of hydrazine groups is 1. The zero-order valence-electron chi connectivity index (χ0n) is 12.4. The summed E-state index contributed by atoms with van der Waals surface area (Å²) in [5, 5.41) is 2.73. The van der Waals surface area contributed by atoms with Crippen LogP contribution in [0.25, 0.3) is 0 Å². The second kappa shape index (κ2) is 5.01. The minimum Gasteiger partial charge on any atom is -0.272 e. The molecule has 104 valence electrons. The maximum atomic E-state index is 12.3. The van der Waals surface area contributed by atoms with E-state index in [4.69, 9.17) is 0 Å². The molecule has 0 saturated carbocycles. The van der Waals surface area contributed by atoms with Crippen molar-refractivity contribution < 1.29 is 9.59 Å². The molecule has 1 aromatic carbocycles. The van der Waals surface area contributed by atoms with Crippen molar-refractivity contribution in [2.45, 2.75) is 26.7 Å².